The third-order valence-corrected chi connectivity index (χ3v) is 5.32. The summed E-state index contributed by atoms with van der Waals surface area (Å²) in [5.41, 5.74) is 4.64. The van der Waals surface area contributed by atoms with Gasteiger partial charge in [-0.15, -0.1) is 0 Å². The molecule has 0 aromatic heterocycles. The standard InChI is InChI=1S/C16H15Br2ClO/c1-9-6-12(14(19)7-10(9)2)16(18)11-4-5-15(20-3)13(17)8-11/h4-8,16H,1-3H3. The summed E-state index contributed by atoms with van der Waals surface area (Å²) < 4.78 is 6.19. The maximum atomic E-state index is 6.38. The van der Waals surface area contributed by atoms with Gasteiger partial charge in [0.1, 0.15) is 5.75 Å². The van der Waals surface area contributed by atoms with Gasteiger partial charge in [0.05, 0.1) is 16.4 Å². The zero-order chi connectivity index (χ0) is 14.9. The molecule has 2 aromatic carbocycles. The SMILES string of the molecule is COc1ccc(C(Br)c2cc(C)c(C)cc2Cl)cc1Br. The van der Waals surface area contributed by atoms with E-state index in [9.17, 15) is 0 Å². The molecule has 0 amide bonds. The average Bonchev–Trinajstić information content (AvgIpc) is 2.42. The molecule has 0 spiro atoms. The molecular formula is C16H15Br2ClO. The van der Waals surface area contributed by atoms with Crippen LogP contribution in [0, 0.1) is 13.8 Å². The second kappa shape index (κ2) is 6.50. The molecule has 0 radical (unpaired) electrons. The Labute approximate surface area is 141 Å². The molecule has 1 nitrogen and oxygen atoms in total. The molecule has 0 heterocycles. The van der Waals surface area contributed by atoms with Gasteiger partial charge in [0, 0.05) is 5.02 Å². The Bertz CT molecular complexity index is 641. The van der Waals surface area contributed by atoms with Crippen molar-refractivity contribution in [3.05, 3.63) is 62.1 Å². The van der Waals surface area contributed by atoms with Gasteiger partial charge in [-0.25, -0.2) is 0 Å². The van der Waals surface area contributed by atoms with Crippen LogP contribution in [0.3, 0.4) is 0 Å². The van der Waals surface area contributed by atoms with E-state index in [2.05, 4.69) is 51.8 Å². The largest absolute Gasteiger partial charge is 0.496 e. The second-order valence-electron chi connectivity index (χ2n) is 4.71. The fraction of sp³-hybridized carbons (Fsp3) is 0.250. The maximum absolute atomic E-state index is 6.38. The summed E-state index contributed by atoms with van der Waals surface area (Å²) in [7, 11) is 1.66. The van der Waals surface area contributed by atoms with Gasteiger partial charge in [0.2, 0.25) is 0 Å². The Morgan fingerprint density at radius 1 is 1.10 bits per heavy atom. The third-order valence-electron chi connectivity index (χ3n) is 3.35. The van der Waals surface area contributed by atoms with Crippen LogP contribution in [0.15, 0.2) is 34.8 Å². The molecule has 1 atom stereocenters. The number of benzene rings is 2. The van der Waals surface area contributed by atoms with E-state index in [0.717, 1.165) is 26.4 Å². The molecule has 0 fully saturated rings. The van der Waals surface area contributed by atoms with Gasteiger partial charge < -0.3 is 4.74 Å². The number of alkyl halides is 1. The van der Waals surface area contributed by atoms with Crippen LogP contribution in [0.1, 0.15) is 27.1 Å². The molecule has 4 heteroatoms. The molecule has 0 aliphatic heterocycles. The topological polar surface area (TPSA) is 9.23 Å². The van der Waals surface area contributed by atoms with Crippen LogP contribution < -0.4 is 4.74 Å². The Morgan fingerprint density at radius 2 is 1.75 bits per heavy atom. The van der Waals surface area contributed by atoms with Crippen LogP contribution in [0.2, 0.25) is 5.02 Å². The Morgan fingerprint density at radius 3 is 2.35 bits per heavy atom. The summed E-state index contributed by atoms with van der Waals surface area (Å²) in [6, 6.07) is 10.2. The van der Waals surface area contributed by atoms with Gasteiger partial charge in [-0.05, 0) is 70.2 Å². The summed E-state index contributed by atoms with van der Waals surface area (Å²) >= 11 is 13.6. The predicted molar refractivity (Wildman–Crippen MR) is 92.4 cm³/mol. The summed E-state index contributed by atoms with van der Waals surface area (Å²) in [6.07, 6.45) is 0. The lowest BCUT2D eigenvalue weighted by Crippen LogP contribution is -1.97. The van der Waals surface area contributed by atoms with E-state index in [0.29, 0.717) is 0 Å². The van der Waals surface area contributed by atoms with Crippen LogP contribution in [0.25, 0.3) is 0 Å². The number of hydrogen-bond donors (Lipinski definition) is 0. The molecular weight excluding hydrogens is 403 g/mol. The summed E-state index contributed by atoms with van der Waals surface area (Å²) in [4.78, 5) is 0.0523. The highest BCUT2D eigenvalue weighted by Gasteiger charge is 2.16. The Balaban J connectivity index is 2.43. The van der Waals surface area contributed by atoms with Crippen LogP contribution in [0.4, 0.5) is 0 Å². The molecule has 0 N–H and O–H groups in total. The fourth-order valence-electron chi connectivity index (χ4n) is 2.02. The van der Waals surface area contributed by atoms with Crippen molar-refractivity contribution in [2.75, 3.05) is 7.11 Å². The number of hydrogen-bond acceptors (Lipinski definition) is 1. The first-order valence-electron chi connectivity index (χ1n) is 6.18. The second-order valence-corrected chi connectivity index (χ2v) is 6.89. The zero-order valence-corrected chi connectivity index (χ0v) is 15.4. The van der Waals surface area contributed by atoms with Gasteiger partial charge >= 0.3 is 0 Å². The van der Waals surface area contributed by atoms with Crippen molar-refractivity contribution < 1.29 is 4.74 Å². The lowest BCUT2D eigenvalue weighted by atomic mass is 10.00. The highest BCUT2D eigenvalue weighted by Crippen LogP contribution is 2.39. The summed E-state index contributed by atoms with van der Waals surface area (Å²) in [5, 5.41) is 0.780. The number of methoxy groups -OCH3 is 1. The van der Waals surface area contributed by atoms with Crippen molar-refractivity contribution in [3.8, 4) is 5.75 Å². The van der Waals surface area contributed by atoms with Gasteiger partial charge in [0.15, 0.2) is 0 Å². The van der Waals surface area contributed by atoms with Crippen LogP contribution in [-0.4, -0.2) is 7.11 Å². The minimum absolute atomic E-state index is 0.0523. The van der Waals surface area contributed by atoms with Gasteiger partial charge in [-0.1, -0.05) is 39.7 Å². The lowest BCUT2D eigenvalue weighted by Gasteiger charge is -2.16. The molecule has 0 saturated carbocycles. The molecule has 106 valence electrons. The first-order chi connectivity index (χ1) is 9.43. The average molecular weight is 419 g/mol. The summed E-state index contributed by atoms with van der Waals surface area (Å²) in [5.74, 6) is 0.819. The highest BCUT2D eigenvalue weighted by atomic mass is 79.9. The van der Waals surface area contributed by atoms with Crippen LogP contribution >= 0.6 is 43.5 Å². The fourth-order valence-corrected chi connectivity index (χ4v) is 3.70. The number of ether oxygens (including phenoxy) is 1. The molecule has 20 heavy (non-hydrogen) atoms. The molecule has 2 rings (SSSR count). The van der Waals surface area contributed by atoms with Crippen molar-refractivity contribution in [1.82, 2.24) is 0 Å². The van der Waals surface area contributed by atoms with Crippen LogP contribution in [-0.2, 0) is 0 Å². The zero-order valence-electron chi connectivity index (χ0n) is 11.5. The van der Waals surface area contributed by atoms with Crippen molar-refractivity contribution >= 4 is 43.5 Å². The number of rotatable bonds is 3. The van der Waals surface area contributed by atoms with Gasteiger partial charge in [-0.2, -0.15) is 0 Å². The molecule has 0 aliphatic rings. The smallest absolute Gasteiger partial charge is 0.133 e. The molecule has 0 saturated heterocycles. The molecule has 0 aliphatic carbocycles. The lowest BCUT2D eigenvalue weighted by molar-refractivity contribution is 0.412. The van der Waals surface area contributed by atoms with Crippen molar-refractivity contribution in [2.45, 2.75) is 18.7 Å². The normalized spacial score (nSPS) is 12.3. The van der Waals surface area contributed by atoms with Gasteiger partial charge in [0.25, 0.3) is 0 Å². The quantitative estimate of drug-likeness (QED) is 0.538. The summed E-state index contributed by atoms with van der Waals surface area (Å²) in [6.45, 7) is 4.16. The Hall–Kier alpha value is -0.510. The van der Waals surface area contributed by atoms with E-state index in [1.54, 1.807) is 7.11 Å². The first kappa shape index (κ1) is 15.9. The van der Waals surface area contributed by atoms with Gasteiger partial charge in [-0.3, -0.25) is 0 Å². The van der Waals surface area contributed by atoms with E-state index in [4.69, 9.17) is 16.3 Å². The maximum Gasteiger partial charge on any atom is 0.133 e. The van der Waals surface area contributed by atoms with Crippen LogP contribution in [0.5, 0.6) is 5.75 Å². The Kier molecular flexibility index (Phi) is 5.16. The van der Waals surface area contributed by atoms with Crippen molar-refractivity contribution in [2.24, 2.45) is 0 Å². The monoisotopic (exact) mass is 416 g/mol. The van der Waals surface area contributed by atoms with E-state index in [1.165, 1.54) is 11.1 Å². The van der Waals surface area contributed by atoms with E-state index >= 15 is 0 Å². The molecule has 2 aromatic rings. The van der Waals surface area contributed by atoms with Crippen molar-refractivity contribution in [1.29, 1.82) is 0 Å². The van der Waals surface area contributed by atoms with E-state index in [-0.39, 0.29) is 4.83 Å². The molecule has 1 unspecified atom stereocenters. The highest BCUT2D eigenvalue weighted by molar-refractivity contribution is 9.10. The number of halogens is 3. The molecule has 0 bridgehead atoms. The minimum atomic E-state index is 0.0523. The van der Waals surface area contributed by atoms with Crippen molar-refractivity contribution in [3.63, 3.8) is 0 Å². The first-order valence-corrected chi connectivity index (χ1v) is 8.27. The minimum Gasteiger partial charge on any atom is -0.496 e. The third kappa shape index (κ3) is 3.21. The number of aryl methyl sites for hydroxylation is 2. The van der Waals surface area contributed by atoms with E-state index in [1.807, 2.05) is 24.3 Å². The van der Waals surface area contributed by atoms with E-state index < -0.39 is 0 Å². The predicted octanol–water partition coefficient (Wildman–Crippen LogP) is 6.21.